The van der Waals surface area contributed by atoms with E-state index in [1.165, 1.54) is 36.9 Å². The highest BCUT2D eigenvalue weighted by Gasteiger charge is 2.22. The molecule has 0 bridgehead atoms. The third-order valence-electron chi connectivity index (χ3n) is 5.67. The minimum Gasteiger partial charge on any atom is -0.493 e. The normalized spacial score (nSPS) is 21.8. The van der Waals surface area contributed by atoms with E-state index in [1.54, 1.807) is 0 Å². The van der Waals surface area contributed by atoms with Crippen LogP contribution in [0.5, 0.6) is 5.75 Å². The summed E-state index contributed by atoms with van der Waals surface area (Å²) in [5.41, 5.74) is 2.70. The predicted molar refractivity (Wildman–Crippen MR) is 108 cm³/mol. The summed E-state index contributed by atoms with van der Waals surface area (Å²) < 4.78 is 5.58. The molecular weight excluding hydrogens is 324 g/mol. The summed E-state index contributed by atoms with van der Waals surface area (Å²) in [5.74, 6) is 1.95. The number of aliphatic imine (C=N–C) groups is 1. The SMILES string of the molecule is CN=C(NCCc1ccc2c(c1)CCO2)NCC(C)N1CCCCC1C. The molecule has 5 nitrogen and oxygen atoms in total. The smallest absolute Gasteiger partial charge is 0.191 e. The molecule has 2 N–H and O–H groups in total. The van der Waals surface area contributed by atoms with Crippen molar-refractivity contribution in [1.82, 2.24) is 15.5 Å². The molecule has 1 aromatic rings. The van der Waals surface area contributed by atoms with Crippen molar-refractivity contribution in [1.29, 1.82) is 0 Å². The molecule has 2 heterocycles. The minimum absolute atomic E-state index is 0.528. The second kappa shape index (κ2) is 9.26. The van der Waals surface area contributed by atoms with Gasteiger partial charge in [0.05, 0.1) is 6.61 Å². The monoisotopic (exact) mass is 358 g/mol. The zero-order valence-corrected chi connectivity index (χ0v) is 16.6. The van der Waals surface area contributed by atoms with Crippen molar-refractivity contribution in [2.24, 2.45) is 4.99 Å². The van der Waals surface area contributed by atoms with Crippen molar-refractivity contribution in [2.45, 2.75) is 58.0 Å². The van der Waals surface area contributed by atoms with Crippen molar-refractivity contribution in [3.05, 3.63) is 29.3 Å². The average molecular weight is 359 g/mol. The summed E-state index contributed by atoms with van der Waals surface area (Å²) in [6, 6.07) is 7.77. The molecule has 3 rings (SSSR count). The summed E-state index contributed by atoms with van der Waals surface area (Å²) in [6.45, 7) is 8.52. The van der Waals surface area contributed by atoms with Crippen molar-refractivity contribution in [3.63, 3.8) is 0 Å². The lowest BCUT2D eigenvalue weighted by molar-refractivity contribution is 0.115. The van der Waals surface area contributed by atoms with Crippen LogP contribution in [0.2, 0.25) is 0 Å². The van der Waals surface area contributed by atoms with Gasteiger partial charge in [0.15, 0.2) is 5.96 Å². The third-order valence-corrected chi connectivity index (χ3v) is 5.67. The van der Waals surface area contributed by atoms with Crippen LogP contribution in [0.1, 0.15) is 44.2 Å². The molecule has 1 fully saturated rings. The molecule has 2 unspecified atom stereocenters. The van der Waals surface area contributed by atoms with Crippen molar-refractivity contribution in [2.75, 3.05) is 33.3 Å². The Labute approximate surface area is 158 Å². The van der Waals surface area contributed by atoms with Crippen LogP contribution < -0.4 is 15.4 Å². The van der Waals surface area contributed by atoms with Gasteiger partial charge < -0.3 is 15.4 Å². The quantitative estimate of drug-likeness (QED) is 0.606. The molecular formula is C21H34N4O. The maximum atomic E-state index is 5.58. The Morgan fingerprint density at radius 3 is 3.04 bits per heavy atom. The molecule has 0 aromatic heterocycles. The van der Waals surface area contributed by atoms with Gasteiger partial charge in [-0.3, -0.25) is 9.89 Å². The summed E-state index contributed by atoms with van der Waals surface area (Å²) in [5, 5.41) is 6.94. The first-order valence-electron chi connectivity index (χ1n) is 10.1. The summed E-state index contributed by atoms with van der Waals surface area (Å²) in [4.78, 5) is 6.99. The largest absolute Gasteiger partial charge is 0.493 e. The lowest BCUT2D eigenvalue weighted by Gasteiger charge is -2.38. The predicted octanol–water partition coefficient (Wildman–Crippen LogP) is 2.59. The van der Waals surface area contributed by atoms with Crippen LogP contribution in [0.25, 0.3) is 0 Å². The van der Waals surface area contributed by atoms with Gasteiger partial charge in [-0.15, -0.1) is 0 Å². The van der Waals surface area contributed by atoms with Crippen LogP contribution >= 0.6 is 0 Å². The highest BCUT2D eigenvalue weighted by atomic mass is 16.5. The summed E-state index contributed by atoms with van der Waals surface area (Å²) in [6.07, 6.45) is 6.05. The highest BCUT2D eigenvalue weighted by molar-refractivity contribution is 5.79. The van der Waals surface area contributed by atoms with Gasteiger partial charge in [-0.25, -0.2) is 0 Å². The van der Waals surface area contributed by atoms with Gasteiger partial charge in [-0.1, -0.05) is 18.6 Å². The van der Waals surface area contributed by atoms with Gasteiger partial charge in [0, 0.05) is 38.6 Å². The molecule has 1 aromatic carbocycles. The number of nitrogens with one attached hydrogen (secondary N) is 2. The molecule has 144 valence electrons. The fourth-order valence-electron chi connectivity index (χ4n) is 4.08. The standard InChI is InChI=1S/C21H34N4O/c1-16-6-4-5-12-25(16)17(2)15-24-21(22-3)23-11-9-18-7-8-20-19(14-18)10-13-26-20/h7-8,14,16-17H,4-6,9-13,15H2,1-3H3,(H2,22,23,24). The van der Waals surface area contributed by atoms with Gasteiger partial charge in [0.1, 0.15) is 5.75 Å². The van der Waals surface area contributed by atoms with Crippen LogP contribution in [0, 0.1) is 0 Å². The topological polar surface area (TPSA) is 48.9 Å². The highest BCUT2D eigenvalue weighted by Crippen LogP contribution is 2.25. The number of nitrogens with zero attached hydrogens (tertiary/aromatic N) is 2. The lowest BCUT2D eigenvalue weighted by Crippen LogP contribution is -2.50. The van der Waals surface area contributed by atoms with Crippen LogP contribution in [-0.4, -0.2) is 56.2 Å². The van der Waals surface area contributed by atoms with E-state index in [4.69, 9.17) is 4.74 Å². The van der Waals surface area contributed by atoms with E-state index in [1.807, 2.05) is 7.05 Å². The number of guanidine groups is 1. The number of rotatable bonds is 6. The molecule has 2 aliphatic rings. The fraction of sp³-hybridized carbons (Fsp3) is 0.667. The Morgan fingerprint density at radius 2 is 2.23 bits per heavy atom. The molecule has 2 aliphatic heterocycles. The fourth-order valence-corrected chi connectivity index (χ4v) is 4.08. The number of fused-ring (bicyclic) bond motifs is 1. The van der Waals surface area contributed by atoms with E-state index in [9.17, 15) is 0 Å². The van der Waals surface area contributed by atoms with Gasteiger partial charge in [-0.05, 0) is 56.8 Å². The van der Waals surface area contributed by atoms with Crippen molar-refractivity contribution >= 4 is 5.96 Å². The molecule has 0 saturated carbocycles. The Morgan fingerprint density at radius 1 is 1.35 bits per heavy atom. The first-order chi connectivity index (χ1) is 12.7. The number of hydrogen-bond acceptors (Lipinski definition) is 3. The molecule has 26 heavy (non-hydrogen) atoms. The van der Waals surface area contributed by atoms with Gasteiger partial charge in [0.25, 0.3) is 0 Å². The molecule has 5 heteroatoms. The first-order valence-corrected chi connectivity index (χ1v) is 10.1. The van der Waals surface area contributed by atoms with Crippen LogP contribution in [0.15, 0.2) is 23.2 Å². The molecule has 1 saturated heterocycles. The van der Waals surface area contributed by atoms with E-state index >= 15 is 0 Å². The Bertz CT molecular complexity index is 616. The second-order valence-corrected chi connectivity index (χ2v) is 7.60. The van der Waals surface area contributed by atoms with Crippen LogP contribution in [-0.2, 0) is 12.8 Å². The summed E-state index contributed by atoms with van der Waals surface area (Å²) in [7, 11) is 1.84. The van der Waals surface area contributed by atoms with Crippen LogP contribution in [0.4, 0.5) is 0 Å². The molecule has 0 radical (unpaired) electrons. The first kappa shape index (κ1) is 19.0. The number of hydrogen-bond donors (Lipinski definition) is 2. The minimum atomic E-state index is 0.528. The Kier molecular flexibility index (Phi) is 6.78. The van der Waals surface area contributed by atoms with E-state index in [-0.39, 0.29) is 0 Å². The van der Waals surface area contributed by atoms with Gasteiger partial charge >= 0.3 is 0 Å². The Balaban J connectivity index is 1.40. The van der Waals surface area contributed by atoms with E-state index in [2.05, 4.69) is 52.6 Å². The molecule has 2 atom stereocenters. The number of piperidine rings is 1. The molecule has 0 spiro atoms. The van der Waals surface area contributed by atoms with Crippen molar-refractivity contribution in [3.8, 4) is 5.75 Å². The summed E-state index contributed by atoms with van der Waals surface area (Å²) >= 11 is 0. The zero-order chi connectivity index (χ0) is 18.4. The molecule has 0 amide bonds. The average Bonchev–Trinajstić information content (AvgIpc) is 3.12. The van der Waals surface area contributed by atoms with E-state index in [0.717, 1.165) is 44.2 Å². The Hall–Kier alpha value is -1.75. The molecule has 0 aliphatic carbocycles. The van der Waals surface area contributed by atoms with E-state index in [0.29, 0.717) is 12.1 Å². The zero-order valence-electron chi connectivity index (χ0n) is 16.6. The third kappa shape index (κ3) is 4.91. The van der Waals surface area contributed by atoms with E-state index < -0.39 is 0 Å². The number of likely N-dealkylation sites (tertiary alicyclic amines) is 1. The van der Waals surface area contributed by atoms with Crippen LogP contribution in [0.3, 0.4) is 0 Å². The lowest BCUT2D eigenvalue weighted by atomic mass is 10.0. The number of ether oxygens (including phenoxy) is 1. The van der Waals surface area contributed by atoms with Gasteiger partial charge in [0.2, 0.25) is 0 Å². The van der Waals surface area contributed by atoms with Gasteiger partial charge in [-0.2, -0.15) is 0 Å². The second-order valence-electron chi connectivity index (χ2n) is 7.60. The maximum absolute atomic E-state index is 5.58. The number of benzene rings is 1. The maximum Gasteiger partial charge on any atom is 0.191 e. The van der Waals surface area contributed by atoms with Crippen molar-refractivity contribution < 1.29 is 4.74 Å².